The number of nitrogens with zero attached hydrogens (tertiary/aromatic N) is 2. The first kappa shape index (κ1) is 13.0. The average molecular weight is 264 g/mol. The molecule has 18 heavy (non-hydrogen) atoms. The van der Waals surface area contributed by atoms with Gasteiger partial charge in [-0.3, -0.25) is 0 Å². The molecule has 1 heterocycles. The average Bonchev–Trinajstić information content (AvgIpc) is 2.70. The Hall–Kier alpha value is -1.48. The number of halogens is 1. The molecule has 0 aliphatic heterocycles. The summed E-state index contributed by atoms with van der Waals surface area (Å²) >= 11 is 5.86. The summed E-state index contributed by atoms with van der Waals surface area (Å²) in [5.41, 5.74) is 2.22. The van der Waals surface area contributed by atoms with E-state index in [-0.39, 0.29) is 0 Å². The molecule has 0 unspecified atom stereocenters. The van der Waals surface area contributed by atoms with E-state index in [2.05, 4.69) is 34.9 Å². The van der Waals surface area contributed by atoms with Crippen LogP contribution in [-0.4, -0.2) is 9.55 Å². The predicted octanol–water partition coefficient (Wildman–Crippen LogP) is 4.04. The van der Waals surface area contributed by atoms with E-state index in [0.29, 0.717) is 6.04 Å². The maximum Gasteiger partial charge on any atom is 0.203 e. The lowest BCUT2D eigenvalue weighted by atomic mass is 10.2. The lowest BCUT2D eigenvalue weighted by molar-refractivity contribution is 0.604. The molecule has 0 aliphatic carbocycles. The first-order valence-electron chi connectivity index (χ1n) is 6.10. The summed E-state index contributed by atoms with van der Waals surface area (Å²) < 4.78 is 2.14. The van der Waals surface area contributed by atoms with Crippen LogP contribution in [-0.2, 0) is 6.54 Å². The number of nitrogens with one attached hydrogen (secondary N) is 1. The largest absolute Gasteiger partial charge is 0.352 e. The second-order valence-electron chi connectivity index (χ2n) is 4.69. The molecule has 1 N–H and O–H groups in total. The van der Waals surface area contributed by atoms with Gasteiger partial charge in [-0.15, -0.1) is 0 Å². The molecule has 1 aromatic carbocycles. The molecular weight excluding hydrogens is 246 g/mol. The predicted molar refractivity (Wildman–Crippen MR) is 76.1 cm³/mol. The molecule has 4 heteroatoms. The van der Waals surface area contributed by atoms with Crippen molar-refractivity contribution in [2.24, 2.45) is 0 Å². The molecule has 0 saturated heterocycles. The lowest BCUT2D eigenvalue weighted by Crippen LogP contribution is -2.08. The SMILES string of the molecule is Cc1cn(C(C)C)c(NCc2ccc(Cl)cc2)n1. The van der Waals surface area contributed by atoms with E-state index in [1.807, 2.05) is 31.2 Å². The summed E-state index contributed by atoms with van der Waals surface area (Å²) in [5.74, 6) is 0.914. The van der Waals surface area contributed by atoms with Gasteiger partial charge in [0.15, 0.2) is 0 Å². The van der Waals surface area contributed by atoms with Gasteiger partial charge in [0.05, 0.1) is 5.69 Å². The molecule has 0 radical (unpaired) electrons. The number of rotatable bonds is 4. The van der Waals surface area contributed by atoms with Crippen LogP contribution in [0.3, 0.4) is 0 Å². The third-order valence-corrected chi connectivity index (χ3v) is 3.02. The van der Waals surface area contributed by atoms with Gasteiger partial charge in [0.2, 0.25) is 5.95 Å². The maximum absolute atomic E-state index is 5.86. The molecule has 0 spiro atoms. The Kier molecular flexibility index (Phi) is 3.92. The van der Waals surface area contributed by atoms with Crippen molar-refractivity contribution in [2.45, 2.75) is 33.4 Å². The molecule has 96 valence electrons. The highest BCUT2D eigenvalue weighted by atomic mass is 35.5. The monoisotopic (exact) mass is 263 g/mol. The molecule has 0 aliphatic rings. The van der Waals surface area contributed by atoms with E-state index < -0.39 is 0 Å². The molecule has 0 fully saturated rings. The number of benzene rings is 1. The van der Waals surface area contributed by atoms with Crippen molar-refractivity contribution in [1.82, 2.24) is 9.55 Å². The first-order valence-corrected chi connectivity index (χ1v) is 6.48. The number of aryl methyl sites for hydroxylation is 1. The van der Waals surface area contributed by atoms with Gasteiger partial charge in [-0.1, -0.05) is 23.7 Å². The molecule has 2 aromatic rings. The number of hydrogen-bond donors (Lipinski definition) is 1. The second-order valence-corrected chi connectivity index (χ2v) is 5.12. The minimum atomic E-state index is 0.402. The molecular formula is C14H18ClN3. The van der Waals surface area contributed by atoms with Crippen molar-refractivity contribution in [3.63, 3.8) is 0 Å². The Morgan fingerprint density at radius 2 is 1.94 bits per heavy atom. The van der Waals surface area contributed by atoms with Crippen molar-refractivity contribution in [2.75, 3.05) is 5.32 Å². The normalized spacial score (nSPS) is 10.9. The van der Waals surface area contributed by atoms with Crippen LogP contribution in [0.5, 0.6) is 0 Å². The van der Waals surface area contributed by atoms with E-state index in [1.54, 1.807) is 0 Å². The Morgan fingerprint density at radius 3 is 2.56 bits per heavy atom. The van der Waals surface area contributed by atoms with Crippen LogP contribution in [0.4, 0.5) is 5.95 Å². The number of hydrogen-bond acceptors (Lipinski definition) is 2. The van der Waals surface area contributed by atoms with Crippen LogP contribution in [0.25, 0.3) is 0 Å². The van der Waals surface area contributed by atoms with Gasteiger partial charge >= 0.3 is 0 Å². The first-order chi connectivity index (χ1) is 8.56. The van der Waals surface area contributed by atoms with Gasteiger partial charge in [0.1, 0.15) is 0 Å². The quantitative estimate of drug-likeness (QED) is 0.902. The minimum Gasteiger partial charge on any atom is -0.352 e. The summed E-state index contributed by atoms with van der Waals surface area (Å²) in [6.45, 7) is 7.05. The van der Waals surface area contributed by atoms with Crippen LogP contribution >= 0.6 is 11.6 Å². The van der Waals surface area contributed by atoms with Crippen LogP contribution < -0.4 is 5.32 Å². The van der Waals surface area contributed by atoms with E-state index in [4.69, 9.17) is 11.6 Å². The standard InChI is InChI=1S/C14H18ClN3/c1-10(2)18-9-11(3)17-14(18)16-8-12-4-6-13(15)7-5-12/h4-7,9-10H,8H2,1-3H3,(H,16,17). The van der Waals surface area contributed by atoms with E-state index in [0.717, 1.165) is 23.2 Å². The zero-order valence-corrected chi connectivity index (χ0v) is 11.7. The number of anilines is 1. The third kappa shape index (κ3) is 3.05. The summed E-state index contributed by atoms with van der Waals surface area (Å²) in [6, 6.07) is 8.24. The van der Waals surface area contributed by atoms with Gasteiger partial charge in [-0.05, 0) is 38.5 Å². The van der Waals surface area contributed by atoms with E-state index >= 15 is 0 Å². The fourth-order valence-electron chi connectivity index (χ4n) is 1.82. The van der Waals surface area contributed by atoms with Gasteiger partial charge < -0.3 is 9.88 Å². The number of aromatic nitrogens is 2. The molecule has 0 bridgehead atoms. The summed E-state index contributed by atoms with van der Waals surface area (Å²) in [5, 5.41) is 4.12. The van der Waals surface area contributed by atoms with Crippen molar-refractivity contribution in [3.8, 4) is 0 Å². The minimum absolute atomic E-state index is 0.402. The van der Waals surface area contributed by atoms with Crippen LogP contribution in [0.15, 0.2) is 30.5 Å². The van der Waals surface area contributed by atoms with Crippen LogP contribution in [0.2, 0.25) is 5.02 Å². The third-order valence-electron chi connectivity index (χ3n) is 2.77. The molecule has 0 saturated carbocycles. The summed E-state index contributed by atoms with van der Waals surface area (Å²) in [4.78, 5) is 4.49. The molecule has 3 nitrogen and oxygen atoms in total. The lowest BCUT2D eigenvalue weighted by Gasteiger charge is -2.12. The van der Waals surface area contributed by atoms with Gasteiger partial charge in [-0.25, -0.2) is 4.98 Å². The smallest absolute Gasteiger partial charge is 0.203 e. The highest BCUT2D eigenvalue weighted by Gasteiger charge is 2.07. The maximum atomic E-state index is 5.86. The molecule has 1 aromatic heterocycles. The highest BCUT2D eigenvalue weighted by Crippen LogP contribution is 2.16. The van der Waals surface area contributed by atoms with E-state index in [9.17, 15) is 0 Å². The van der Waals surface area contributed by atoms with Gasteiger partial charge in [-0.2, -0.15) is 0 Å². The fraction of sp³-hybridized carbons (Fsp3) is 0.357. The second kappa shape index (κ2) is 5.44. The molecule has 2 rings (SSSR count). The van der Waals surface area contributed by atoms with Crippen molar-refractivity contribution in [1.29, 1.82) is 0 Å². The van der Waals surface area contributed by atoms with Crippen LogP contribution in [0.1, 0.15) is 31.1 Å². The fourth-order valence-corrected chi connectivity index (χ4v) is 1.95. The Bertz CT molecular complexity index is 514. The zero-order chi connectivity index (χ0) is 13.1. The van der Waals surface area contributed by atoms with Crippen molar-refractivity contribution in [3.05, 3.63) is 46.7 Å². The van der Waals surface area contributed by atoms with Crippen LogP contribution in [0, 0.1) is 6.92 Å². The van der Waals surface area contributed by atoms with Gasteiger partial charge in [0.25, 0.3) is 0 Å². The number of imidazole rings is 1. The highest BCUT2D eigenvalue weighted by molar-refractivity contribution is 6.30. The Morgan fingerprint density at radius 1 is 1.28 bits per heavy atom. The summed E-state index contributed by atoms with van der Waals surface area (Å²) in [7, 11) is 0. The van der Waals surface area contributed by atoms with E-state index in [1.165, 1.54) is 5.56 Å². The van der Waals surface area contributed by atoms with Crippen molar-refractivity contribution < 1.29 is 0 Å². The molecule has 0 amide bonds. The van der Waals surface area contributed by atoms with Crippen molar-refractivity contribution >= 4 is 17.5 Å². The topological polar surface area (TPSA) is 29.9 Å². The zero-order valence-electron chi connectivity index (χ0n) is 10.9. The summed E-state index contributed by atoms with van der Waals surface area (Å²) in [6.07, 6.45) is 2.06. The Labute approximate surface area is 113 Å². The Balaban J connectivity index is 2.08. The van der Waals surface area contributed by atoms with Gasteiger partial charge in [0, 0.05) is 23.8 Å². The molecule has 0 atom stereocenters.